The molecular formula is C19H19F3N4O5. The molecule has 9 nitrogen and oxygen atoms in total. The van der Waals surface area contributed by atoms with E-state index in [4.69, 9.17) is 19.4 Å². The lowest BCUT2D eigenvalue weighted by Gasteiger charge is -2.31. The number of hydrogen-bond acceptors (Lipinski definition) is 7. The van der Waals surface area contributed by atoms with Gasteiger partial charge in [0.05, 0.1) is 18.8 Å². The van der Waals surface area contributed by atoms with E-state index in [2.05, 4.69) is 15.0 Å². The minimum absolute atomic E-state index is 0.00182. The number of amides is 1. The van der Waals surface area contributed by atoms with Crippen molar-refractivity contribution in [2.75, 3.05) is 13.2 Å². The highest BCUT2D eigenvalue weighted by molar-refractivity contribution is 5.92. The topological polar surface area (TPSA) is 115 Å². The average Bonchev–Trinajstić information content (AvgIpc) is 3.13. The van der Waals surface area contributed by atoms with Crippen LogP contribution >= 0.6 is 0 Å². The fraction of sp³-hybridized carbons (Fsp3) is 0.421. The Bertz CT molecular complexity index is 885. The van der Waals surface area contributed by atoms with Gasteiger partial charge in [-0.2, -0.15) is 13.2 Å². The van der Waals surface area contributed by atoms with Gasteiger partial charge in [-0.05, 0) is 18.9 Å². The second-order valence-corrected chi connectivity index (χ2v) is 6.72. The van der Waals surface area contributed by atoms with Crippen LogP contribution in [0.25, 0.3) is 0 Å². The minimum atomic E-state index is -5.08. The predicted octanol–water partition coefficient (Wildman–Crippen LogP) is 1.96. The summed E-state index contributed by atoms with van der Waals surface area (Å²) >= 11 is 0. The van der Waals surface area contributed by atoms with Crippen molar-refractivity contribution in [2.24, 2.45) is 0 Å². The smallest absolute Gasteiger partial charge is 0.475 e. The molecule has 4 heterocycles. The van der Waals surface area contributed by atoms with Crippen molar-refractivity contribution in [1.82, 2.24) is 19.9 Å². The van der Waals surface area contributed by atoms with Gasteiger partial charge in [0.1, 0.15) is 17.9 Å². The highest BCUT2D eigenvalue weighted by Crippen LogP contribution is 2.32. The van der Waals surface area contributed by atoms with E-state index in [9.17, 15) is 18.0 Å². The molecule has 1 N–H and O–H groups in total. The summed E-state index contributed by atoms with van der Waals surface area (Å²) in [7, 11) is 0. The molecule has 4 rings (SSSR count). The van der Waals surface area contributed by atoms with Gasteiger partial charge in [0.15, 0.2) is 0 Å². The van der Waals surface area contributed by atoms with E-state index in [0.29, 0.717) is 24.7 Å². The van der Waals surface area contributed by atoms with Crippen LogP contribution in [0, 0.1) is 0 Å². The fourth-order valence-electron chi connectivity index (χ4n) is 3.38. The summed E-state index contributed by atoms with van der Waals surface area (Å²) in [6.07, 6.45) is 2.65. The van der Waals surface area contributed by atoms with Crippen LogP contribution in [0.1, 0.15) is 23.3 Å². The number of halogens is 3. The van der Waals surface area contributed by atoms with Crippen LogP contribution in [0.3, 0.4) is 0 Å². The number of ether oxygens (including phenoxy) is 2. The third-order valence-corrected chi connectivity index (χ3v) is 4.67. The molecule has 0 aromatic carbocycles. The van der Waals surface area contributed by atoms with Crippen molar-refractivity contribution in [1.29, 1.82) is 0 Å². The summed E-state index contributed by atoms with van der Waals surface area (Å²) in [5.41, 5.74) is 0.348. The van der Waals surface area contributed by atoms with Crippen LogP contribution in [0.5, 0.6) is 5.88 Å². The fourth-order valence-corrected chi connectivity index (χ4v) is 3.38. The van der Waals surface area contributed by atoms with Gasteiger partial charge in [0.25, 0.3) is 5.91 Å². The predicted molar refractivity (Wildman–Crippen MR) is 98.2 cm³/mol. The summed E-state index contributed by atoms with van der Waals surface area (Å²) in [6, 6.07) is 5.52. The molecule has 12 heteroatoms. The molecule has 2 saturated heterocycles. The first-order valence-electron chi connectivity index (χ1n) is 9.33. The number of fused-ring (bicyclic) bond motifs is 1. The molecular weight excluding hydrogens is 421 g/mol. The molecule has 2 aliphatic rings. The maximum Gasteiger partial charge on any atom is 0.490 e. The first kappa shape index (κ1) is 22.4. The molecule has 1 amide bonds. The van der Waals surface area contributed by atoms with Gasteiger partial charge >= 0.3 is 12.1 Å². The number of alkyl halides is 3. The number of likely N-dealkylation sites (tertiary alicyclic amines) is 1. The SMILES string of the molecule is O=C(O)C(F)(F)F.O=C(c1cnccn1)N1C[C@@H](Oc2ccccn2)[C@H]2OCCC[C@H]21. The van der Waals surface area contributed by atoms with Crippen molar-refractivity contribution >= 4 is 11.9 Å². The van der Waals surface area contributed by atoms with E-state index in [-0.39, 0.29) is 24.2 Å². The van der Waals surface area contributed by atoms with Gasteiger partial charge in [-0.3, -0.25) is 9.78 Å². The standard InChI is InChI=1S/C17H18N4O3.C2HF3O2/c22-17(12-10-18-7-8-19-12)21-11-14(16-13(21)4-3-9-23-16)24-15-5-1-2-6-20-15;3-2(4,5)1(6)7/h1-2,5-8,10,13-14,16H,3-4,9,11H2;(H,6,7)/t13-,14-,16+;/m1./s1. The third kappa shape index (κ3) is 5.66. The molecule has 2 aliphatic heterocycles. The van der Waals surface area contributed by atoms with Crippen LogP contribution in [0.15, 0.2) is 43.0 Å². The molecule has 2 aromatic heterocycles. The van der Waals surface area contributed by atoms with E-state index in [1.165, 1.54) is 12.4 Å². The first-order valence-corrected chi connectivity index (χ1v) is 9.33. The van der Waals surface area contributed by atoms with Crippen LogP contribution in [-0.4, -0.2) is 74.4 Å². The lowest BCUT2D eigenvalue weighted by molar-refractivity contribution is -0.192. The van der Waals surface area contributed by atoms with Gasteiger partial charge in [-0.25, -0.2) is 14.8 Å². The Kier molecular flexibility index (Phi) is 7.00. The Morgan fingerprint density at radius 3 is 2.58 bits per heavy atom. The van der Waals surface area contributed by atoms with E-state index in [0.717, 1.165) is 12.8 Å². The van der Waals surface area contributed by atoms with Gasteiger partial charge in [0, 0.05) is 31.3 Å². The Hall–Kier alpha value is -3.28. The normalized spacial score (nSPS) is 22.7. The van der Waals surface area contributed by atoms with E-state index in [1.54, 1.807) is 17.3 Å². The molecule has 0 bridgehead atoms. The average molecular weight is 440 g/mol. The van der Waals surface area contributed by atoms with Crippen LogP contribution in [-0.2, 0) is 9.53 Å². The van der Waals surface area contributed by atoms with Gasteiger partial charge in [-0.1, -0.05) is 6.07 Å². The minimum Gasteiger partial charge on any atom is -0.475 e. The third-order valence-electron chi connectivity index (χ3n) is 4.67. The largest absolute Gasteiger partial charge is 0.490 e. The highest BCUT2D eigenvalue weighted by atomic mass is 19.4. The number of hydrogen-bond donors (Lipinski definition) is 1. The van der Waals surface area contributed by atoms with E-state index < -0.39 is 12.1 Å². The Morgan fingerprint density at radius 1 is 1.19 bits per heavy atom. The number of aliphatic carboxylic acids is 1. The highest BCUT2D eigenvalue weighted by Gasteiger charge is 2.48. The molecule has 0 aliphatic carbocycles. The lowest BCUT2D eigenvalue weighted by Crippen LogP contribution is -2.44. The summed E-state index contributed by atoms with van der Waals surface area (Å²) in [6.45, 7) is 1.15. The number of rotatable bonds is 3. The molecule has 31 heavy (non-hydrogen) atoms. The van der Waals surface area contributed by atoms with Crippen LogP contribution in [0.4, 0.5) is 13.2 Å². The van der Waals surface area contributed by atoms with Crippen molar-refractivity contribution < 1.29 is 37.3 Å². The maximum absolute atomic E-state index is 12.8. The molecule has 2 aromatic rings. The number of carboxylic acids is 1. The quantitative estimate of drug-likeness (QED) is 0.770. The molecule has 2 fully saturated rings. The number of aromatic nitrogens is 3. The molecule has 0 saturated carbocycles. The van der Waals surface area contributed by atoms with Crippen molar-refractivity contribution in [2.45, 2.75) is 37.3 Å². The number of pyridine rings is 1. The zero-order valence-corrected chi connectivity index (χ0v) is 16.1. The molecule has 0 radical (unpaired) electrons. The molecule has 166 valence electrons. The van der Waals surface area contributed by atoms with Crippen molar-refractivity contribution in [3.63, 3.8) is 0 Å². The zero-order chi connectivity index (χ0) is 22.4. The number of nitrogens with zero attached hydrogens (tertiary/aromatic N) is 4. The number of carbonyl (C=O) groups excluding carboxylic acids is 1. The lowest BCUT2D eigenvalue weighted by atomic mass is 10.0. The Balaban J connectivity index is 0.000000339. The Labute approximate surface area is 174 Å². The molecule has 3 atom stereocenters. The van der Waals surface area contributed by atoms with Crippen LogP contribution < -0.4 is 4.74 Å². The Morgan fingerprint density at radius 2 is 1.97 bits per heavy atom. The monoisotopic (exact) mass is 440 g/mol. The first-order chi connectivity index (χ1) is 14.8. The summed E-state index contributed by atoms with van der Waals surface area (Å²) in [4.78, 5) is 35.8. The summed E-state index contributed by atoms with van der Waals surface area (Å²) in [5, 5.41) is 7.12. The van der Waals surface area contributed by atoms with E-state index in [1.807, 2.05) is 18.2 Å². The number of carboxylic acid groups (broad SMARTS) is 1. The van der Waals surface area contributed by atoms with Gasteiger partial charge < -0.3 is 19.5 Å². The second-order valence-electron chi connectivity index (χ2n) is 6.72. The van der Waals surface area contributed by atoms with Gasteiger partial charge in [0.2, 0.25) is 5.88 Å². The zero-order valence-electron chi connectivity index (χ0n) is 16.1. The summed E-state index contributed by atoms with van der Waals surface area (Å²) in [5.74, 6) is -2.34. The molecule has 0 spiro atoms. The van der Waals surface area contributed by atoms with Crippen molar-refractivity contribution in [3.8, 4) is 5.88 Å². The molecule has 0 unspecified atom stereocenters. The second kappa shape index (κ2) is 9.69. The maximum atomic E-state index is 12.8. The van der Waals surface area contributed by atoms with Crippen molar-refractivity contribution in [3.05, 3.63) is 48.7 Å². The number of carbonyl (C=O) groups is 2. The van der Waals surface area contributed by atoms with E-state index >= 15 is 0 Å². The summed E-state index contributed by atoms with van der Waals surface area (Å²) < 4.78 is 43.7. The van der Waals surface area contributed by atoms with Gasteiger partial charge in [-0.15, -0.1) is 0 Å². The van der Waals surface area contributed by atoms with Crippen LogP contribution in [0.2, 0.25) is 0 Å².